The van der Waals surface area contributed by atoms with Crippen molar-refractivity contribution < 1.29 is 19.2 Å². The van der Waals surface area contributed by atoms with E-state index in [0.29, 0.717) is 0 Å². The zero-order valence-corrected chi connectivity index (χ0v) is 9.94. The van der Waals surface area contributed by atoms with Crippen LogP contribution in [-0.4, -0.2) is 49.7 Å². The van der Waals surface area contributed by atoms with Crippen molar-refractivity contribution in [3.05, 3.63) is 0 Å². The lowest BCUT2D eigenvalue weighted by Gasteiger charge is -2.12. The molecule has 7 nitrogen and oxygen atoms in total. The van der Waals surface area contributed by atoms with Gasteiger partial charge in [-0.05, 0) is 0 Å². The number of hydrogen-bond acceptors (Lipinski definition) is 4. The van der Waals surface area contributed by atoms with Gasteiger partial charge in [-0.1, -0.05) is 0 Å². The topological polar surface area (TPSA) is 95.6 Å². The quantitative estimate of drug-likeness (QED) is 0.445. The normalized spacial score (nSPS) is 23.8. The summed E-state index contributed by atoms with van der Waals surface area (Å²) in [5.41, 5.74) is 0. The second kappa shape index (κ2) is 4.94. The van der Waals surface area contributed by atoms with Gasteiger partial charge in [-0.3, -0.25) is 24.1 Å². The Labute approximate surface area is 98.5 Å². The summed E-state index contributed by atoms with van der Waals surface area (Å²) in [5.74, 6) is -3.99. The molecule has 1 aliphatic heterocycles. The van der Waals surface area contributed by atoms with E-state index in [2.05, 4.69) is 10.6 Å². The summed E-state index contributed by atoms with van der Waals surface area (Å²) in [5, 5.41) is 4.70. The van der Waals surface area contributed by atoms with E-state index in [1.165, 1.54) is 21.1 Å². The van der Waals surface area contributed by atoms with Crippen LogP contribution < -0.4 is 10.6 Å². The minimum Gasteiger partial charge on any atom is -0.359 e. The fraction of sp³-hybridized carbons (Fsp3) is 0.600. The SMILES string of the molecule is CNC(=O)C[C@@H]1C(=O)N(C)C(=O)[C@H]1C(=O)NC. The highest BCUT2D eigenvalue weighted by molar-refractivity contribution is 6.15. The summed E-state index contributed by atoms with van der Waals surface area (Å²) in [6.45, 7) is 0. The van der Waals surface area contributed by atoms with Crippen molar-refractivity contribution in [3.63, 3.8) is 0 Å². The molecule has 4 amide bonds. The zero-order valence-electron chi connectivity index (χ0n) is 9.94. The number of carbonyl (C=O) groups excluding carboxylic acids is 4. The van der Waals surface area contributed by atoms with Crippen LogP contribution in [0.15, 0.2) is 0 Å². The molecule has 94 valence electrons. The van der Waals surface area contributed by atoms with Crippen LogP contribution in [0.4, 0.5) is 0 Å². The maximum absolute atomic E-state index is 11.7. The fourth-order valence-electron chi connectivity index (χ4n) is 1.84. The Morgan fingerprint density at radius 3 is 2.24 bits per heavy atom. The summed E-state index contributed by atoms with van der Waals surface area (Å²) in [6, 6.07) is 0. The first-order valence-corrected chi connectivity index (χ1v) is 5.17. The van der Waals surface area contributed by atoms with Gasteiger partial charge in [-0.2, -0.15) is 0 Å². The molecular weight excluding hydrogens is 226 g/mol. The molecule has 17 heavy (non-hydrogen) atoms. The van der Waals surface area contributed by atoms with E-state index in [9.17, 15) is 19.2 Å². The lowest BCUT2D eigenvalue weighted by molar-refractivity contribution is -0.139. The molecule has 0 saturated carbocycles. The van der Waals surface area contributed by atoms with Crippen LogP contribution >= 0.6 is 0 Å². The highest BCUT2D eigenvalue weighted by Crippen LogP contribution is 2.28. The number of rotatable bonds is 3. The smallest absolute Gasteiger partial charge is 0.242 e. The molecule has 1 rings (SSSR count). The van der Waals surface area contributed by atoms with Crippen molar-refractivity contribution in [2.75, 3.05) is 21.1 Å². The minimum absolute atomic E-state index is 0.163. The molecule has 0 aromatic carbocycles. The summed E-state index contributed by atoms with van der Waals surface area (Å²) >= 11 is 0. The van der Waals surface area contributed by atoms with E-state index < -0.39 is 29.6 Å². The molecule has 0 bridgehead atoms. The summed E-state index contributed by atoms with van der Waals surface area (Å²) < 4.78 is 0. The predicted molar refractivity (Wildman–Crippen MR) is 57.5 cm³/mol. The number of likely N-dealkylation sites (tertiary alicyclic amines) is 1. The largest absolute Gasteiger partial charge is 0.359 e. The third-order valence-electron chi connectivity index (χ3n) is 2.86. The molecule has 2 atom stereocenters. The van der Waals surface area contributed by atoms with E-state index in [1.54, 1.807) is 0 Å². The standard InChI is InChI=1S/C10H15N3O4/c1-11-6(14)4-5-7(8(15)12-2)10(17)13(3)9(5)16/h5,7H,4H2,1-3H3,(H,11,14)(H,12,15)/t5-,7+/m0/s1. The highest BCUT2D eigenvalue weighted by atomic mass is 16.2. The van der Waals surface area contributed by atoms with E-state index >= 15 is 0 Å². The van der Waals surface area contributed by atoms with E-state index in [1.807, 2.05) is 0 Å². The van der Waals surface area contributed by atoms with Gasteiger partial charge >= 0.3 is 0 Å². The van der Waals surface area contributed by atoms with Crippen LogP contribution in [0, 0.1) is 11.8 Å². The molecule has 1 saturated heterocycles. The number of nitrogens with one attached hydrogen (secondary N) is 2. The van der Waals surface area contributed by atoms with Crippen molar-refractivity contribution in [2.45, 2.75) is 6.42 Å². The van der Waals surface area contributed by atoms with Gasteiger partial charge in [0.15, 0.2) is 0 Å². The van der Waals surface area contributed by atoms with Crippen LogP contribution in [-0.2, 0) is 19.2 Å². The van der Waals surface area contributed by atoms with Crippen LogP contribution in [0.25, 0.3) is 0 Å². The van der Waals surface area contributed by atoms with Gasteiger partial charge in [0.25, 0.3) is 0 Å². The van der Waals surface area contributed by atoms with Gasteiger partial charge in [-0.25, -0.2) is 0 Å². The summed E-state index contributed by atoms with van der Waals surface area (Å²) in [7, 11) is 4.13. The third-order valence-corrected chi connectivity index (χ3v) is 2.86. The molecule has 0 aromatic heterocycles. The molecule has 0 radical (unpaired) electrons. The van der Waals surface area contributed by atoms with Gasteiger partial charge in [0.1, 0.15) is 5.92 Å². The molecule has 2 N–H and O–H groups in total. The maximum atomic E-state index is 11.7. The average molecular weight is 241 g/mol. The predicted octanol–water partition coefficient (Wildman–Crippen LogP) is -1.90. The first kappa shape index (κ1) is 13.1. The van der Waals surface area contributed by atoms with E-state index in [-0.39, 0.29) is 12.3 Å². The Morgan fingerprint density at radius 2 is 1.76 bits per heavy atom. The van der Waals surface area contributed by atoms with Crippen molar-refractivity contribution in [1.29, 1.82) is 0 Å². The molecule has 1 aliphatic rings. The van der Waals surface area contributed by atoms with Crippen molar-refractivity contribution in [3.8, 4) is 0 Å². The summed E-state index contributed by atoms with van der Waals surface area (Å²) in [6.07, 6.45) is -0.163. The fourth-order valence-corrected chi connectivity index (χ4v) is 1.84. The Kier molecular flexibility index (Phi) is 3.82. The molecule has 7 heteroatoms. The number of carbonyl (C=O) groups is 4. The highest BCUT2D eigenvalue weighted by Gasteiger charge is 2.49. The minimum atomic E-state index is -1.10. The second-order valence-corrected chi connectivity index (χ2v) is 3.81. The number of hydrogen-bond donors (Lipinski definition) is 2. The van der Waals surface area contributed by atoms with Gasteiger partial charge in [0.05, 0.1) is 5.92 Å². The van der Waals surface area contributed by atoms with E-state index in [0.717, 1.165) is 4.90 Å². The van der Waals surface area contributed by atoms with Crippen molar-refractivity contribution in [2.24, 2.45) is 11.8 Å². The molecule has 0 spiro atoms. The molecule has 1 heterocycles. The lowest BCUT2D eigenvalue weighted by atomic mass is 9.91. The molecular formula is C10H15N3O4. The van der Waals surface area contributed by atoms with E-state index in [4.69, 9.17) is 0 Å². The van der Waals surface area contributed by atoms with Gasteiger partial charge in [0.2, 0.25) is 23.6 Å². The Balaban J connectivity index is 2.97. The third kappa shape index (κ3) is 2.27. The summed E-state index contributed by atoms with van der Waals surface area (Å²) in [4.78, 5) is 47.2. The first-order valence-electron chi connectivity index (χ1n) is 5.17. The second-order valence-electron chi connectivity index (χ2n) is 3.81. The maximum Gasteiger partial charge on any atom is 0.242 e. The van der Waals surface area contributed by atoms with Gasteiger partial charge < -0.3 is 10.6 Å². The molecule has 0 aliphatic carbocycles. The van der Waals surface area contributed by atoms with Crippen LogP contribution in [0.3, 0.4) is 0 Å². The number of amides is 4. The molecule has 0 aromatic rings. The first-order chi connectivity index (χ1) is 7.93. The lowest BCUT2D eigenvalue weighted by Crippen LogP contribution is -2.37. The molecule has 1 fully saturated rings. The molecule has 0 unspecified atom stereocenters. The Hall–Kier alpha value is -1.92. The zero-order chi connectivity index (χ0) is 13.2. The number of imide groups is 1. The van der Waals surface area contributed by atoms with Crippen LogP contribution in [0.1, 0.15) is 6.42 Å². The Morgan fingerprint density at radius 1 is 1.18 bits per heavy atom. The van der Waals surface area contributed by atoms with Crippen molar-refractivity contribution >= 4 is 23.6 Å². The van der Waals surface area contributed by atoms with Crippen molar-refractivity contribution in [1.82, 2.24) is 15.5 Å². The van der Waals surface area contributed by atoms with Crippen LogP contribution in [0.5, 0.6) is 0 Å². The van der Waals surface area contributed by atoms with Gasteiger partial charge in [-0.15, -0.1) is 0 Å². The van der Waals surface area contributed by atoms with Gasteiger partial charge in [0, 0.05) is 27.6 Å². The average Bonchev–Trinajstić information content (AvgIpc) is 2.53. The number of nitrogens with zero attached hydrogens (tertiary/aromatic N) is 1. The monoisotopic (exact) mass is 241 g/mol. The Bertz CT molecular complexity index is 380. The van der Waals surface area contributed by atoms with Crippen LogP contribution in [0.2, 0.25) is 0 Å².